The van der Waals surface area contributed by atoms with Crippen molar-refractivity contribution in [3.8, 4) is 0 Å². The summed E-state index contributed by atoms with van der Waals surface area (Å²) in [6.07, 6.45) is 3.93. The summed E-state index contributed by atoms with van der Waals surface area (Å²) in [5.41, 5.74) is -0.00849. The lowest BCUT2D eigenvalue weighted by Crippen LogP contribution is -2.03. The zero-order chi connectivity index (χ0) is 11.8. The molecule has 6 nitrogen and oxygen atoms in total. The molecule has 1 aromatic rings. The van der Waals surface area contributed by atoms with Crippen LogP contribution in [-0.4, -0.2) is 28.2 Å². The molecule has 0 spiro atoms. The molecule has 1 heterocycles. The number of aromatic nitrogens is 1. The quantitative estimate of drug-likeness (QED) is 0.417. The van der Waals surface area contributed by atoms with Crippen molar-refractivity contribution in [3.05, 3.63) is 28.4 Å². The van der Waals surface area contributed by atoms with Crippen LogP contribution >= 0.6 is 0 Å². The van der Waals surface area contributed by atoms with Crippen molar-refractivity contribution in [1.29, 1.82) is 0 Å². The third-order valence-corrected chi connectivity index (χ3v) is 2.10. The molecule has 6 heteroatoms. The van der Waals surface area contributed by atoms with Crippen LogP contribution in [0, 0.1) is 10.1 Å². The van der Waals surface area contributed by atoms with E-state index in [1.54, 1.807) is 6.07 Å². The number of anilines is 1. The van der Waals surface area contributed by atoms with Crippen molar-refractivity contribution in [2.45, 2.75) is 19.3 Å². The van der Waals surface area contributed by atoms with Gasteiger partial charge in [0.05, 0.1) is 4.92 Å². The number of nitrogens with one attached hydrogen (secondary N) is 1. The third-order valence-electron chi connectivity index (χ3n) is 2.10. The van der Waals surface area contributed by atoms with Crippen molar-refractivity contribution < 1.29 is 10.0 Å². The van der Waals surface area contributed by atoms with Crippen LogP contribution in [0.5, 0.6) is 0 Å². The number of aliphatic hydroxyl groups is 1. The van der Waals surface area contributed by atoms with Gasteiger partial charge in [-0.2, -0.15) is 0 Å². The monoisotopic (exact) mass is 225 g/mol. The second-order valence-electron chi connectivity index (χ2n) is 3.37. The fourth-order valence-corrected chi connectivity index (χ4v) is 1.23. The Bertz CT molecular complexity index is 327. The molecule has 0 atom stereocenters. The fourth-order valence-electron chi connectivity index (χ4n) is 1.23. The average molecular weight is 225 g/mol. The minimum Gasteiger partial charge on any atom is -0.396 e. The Labute approximate surface area is 93.5 Å². The molecule has 1 aromatic heterocycles. The van der Waals surface area contributed by atoms with Crippen LogP contribution in [0.4, 0.5) is 11.5 Å². The summed E-state index contributed by atoms with van der Waals surface area (Å²) in [7, 11) is 0. The average Bonchev–Trinajstić information content (AvgIpc) is 2.29. The number of aliphatic hydroxyl groups excluding tert-OH is 1. The van der Waals surface area contributed by atoms with E-state index in [1.165, 1.54) is 12.3 Å². The van der Waals surface area contributed by atoms with Gasteiger partial charge in [0.1, 0.15) is 12.0 Å². The SMILES string of the molecule is O=[N+]([O-])c1ccc(NCCCCCO)nc1. The first-order chi connectivity index (χ1) is 7.74. The highest BCUT2D eigenvalue weighted by molar-refractivity contribution is 5.39. The largest absolute Gasteiger partial charge is 0.396 e. The minimum atomic E-state index is -0.474. The van der Waals surface area contributed by atoms with E-state index in [0.29, 0.717) is 5.82 Å². The normalized spacial score (nSPS) is 10.1. The Morgan fingerprint density at radius 1 is 1.38 bits per heavy atom. The molecular weight excluding hydrogens is 210 g/mol. The van der Waals surface area contributed by atoms with Gasteiger partial charge in [-0.25, -0.2) is 4.98 Å². The van der Waals surface area contributed by atoms with Crippen LogP contribution < -0.4 is 5.32 Å². The lowest BCUT2D eigenvalue weighted by atomic mass is 10.2. The zero-order valence-corrected chi connectivity index (χ0v) is 8.93. The standard InChI is InChI=1S/C10H15N3O3/c14-7-3-1-2-6-11-10-5-4-9(8-12-10)13(15)16/h4-5,8,14H,1-3,6-7H2,(H,11,12). The summed E-state index contributed by atoms with van der Waals surface area (Å²) in [4.78, 5) is 13.8. The molecule has 0 radical (unpaired) electrons. The molecule has 0 aliphatic rings. The fraction of sp³-hybridized carbons (Fsp3) is 0.500. The van der Waals surface area contributed by atoms with Gasteiger partial charge in [0.2, 0.25) is 0 Å². The van der Waals surface area contributed by atoms with Gasteiger partial charge >= 0.3 is 0 Å². The lowest BCUT2D eigenvalue weighted by Gasteiger charge is -2.04. The van der Waals surface area contributed by atoms with Gasteiger partial charge in [-0.05, 0) is 25.3 Å². The third kappa shape index (κ3) is 4.22. The van der Waals surface area contributed by atoms with Gasteiger partial charge in [-0.3, -0.25) is 10.1 Å². The number of unbranched alkanes of at least 4 members (excludes halogenated alkanes) is 2. The van der Waals surface area contributed by atoms with E-state index in [0.717, 1.165) is 25.8 Å². The predicted molar refractivity (Wildman–Crippen MR) is 60.3 cm³/mol. The predicted octanol–water partition coefficient (Wildman–Crippen LogP) is 1.56. The molecule has 0 aromatic carbocycles. The number of nitrogens with zero attached hydrogens (tertiary/aromatic N) is 2. The van der Waals surface area contributed by atoms with Gasteiger partial charge in [-0.1, -0.05) is 0 Å². The summed E-state index contributed by atoms with van der Waals surface area (Å²) < 4.78 is 0. The molecule has 0 saturated heterocycles. The molecule has 2 N–H and O–H groups in total. The molecule has 0 saturated carbocycles. The Hall–Kier alpha value is -1.69. The van der Waals surface area contributed by atoms with Crippen LogP contribution in [0.15, 0.2) is 18.3 Å². The number of rotatable bonds is 7. The van der Waals surface area contributed by atoms with Gasteiger partial charge in [-0.15, -0.1) is 0 Å². The van der Waals surface area contributed by atoms with Gasteiger partial charge in [0, 0.05) is 19.2 Å². The first kappa shape index (κ1) is 12.4. The topological polar surface area (TPSA) is 88.3 Å². The number of hydrogen-bond donors (Lipinski definition) is 2. The van der Waals surface area contributed by atoms with E-state index in [9.17, 15) is 10.1 Å². The van der Waals surface area contributed by atoms with Crippen LogP contribution in [0.1, 0.15) is 19.3 Å². The Balaban J connectivity index is 2.29. The molecule has 0 aliphatic carbocycles. The molecule has 0 aliphatic heterocycles. The first-order valence-electron chi connectivity index (χ1n) is 5.19. The van der Waals surface area contributed by atoms with E-state index in [-0.39, 0.29) is 12.3 Å². The maximum Gasteiger partial charge on any atom is 0.287 e. The van der Waals surface area contributed by atoms with E-state index >= 15 is 0 Å². The second kappa shape index (κ2) is 6.73. The van der Waals surface area contributed by atoms with E-state index in [4.69, 9.17) is 5.11 Å². The summed E-state index contributed by atoms with van der Waals surface area (Å²) in [6, 6.07) is 3.01. The molecule has 16 heavy (non-hydrogen) atoms. The van der Waals surface area contributed by atoms with Crippen LogP contribution in [0.2, 0.25) is 0 Å². The van der Waals surface area contributed by atoms with E-state index in [2.05, 4.69) is 10.3 Å². The molecule has 0 unspecified atom stereocenters. The highest BCUT2D eigenvalue weighted by atomic mass is 16.6. The molecular formula is C10H15N3O3. The van der Waals surface area contributed by atoms with Gasteiger partial charge in [0.25, 0.3) is 5.69 Å². The Morgan fingerprint density at radius 3 is 2.75 bits per heavy atom. The maximum atomic E-state index is 10.4. The van der Waals surface area contributed by atoms with Crippen LogP contribution in [-0.2, 0) is 0 Å². The van der Waals surface area contributed by atoms with Gasteiger partial charge < -0.3 is 10.4 Å². The Morgan fingerprint density at radius 2 is 2.19 bits per heavy atom. The number of nitro groups is 1. The van der Waals surface area contributed by atoms with Crippen molar-refractivity contribution in [1.82, 2.24) is 4.98 Å². The number of hydrogen-bond acceptors (Lipinski definition) is 5. The van der Waals surface area contributed by atoms with Crippen molar-refractivity contribution in [2.24, 2.45) is 0 Å². The second-order valence-corrected chi connectivity index (χ2v) is 3.37. The molecule has 0 fully saturated rings. The lowest BCUT2D eigenvalue weighted by molar-refractivity contribution is -0.385. The first-order valence-corrected chi connectivity index (χ1v) is 5.19. The minimum absolute atomic E-state index is 0.00849. The van der Waals surface area contributed by atoms with Crippen molar-refractivity contribution in [2.75, 3.05) is 18.5 Å². The zero-order valence-electron chi connectivity index (χ0n) is 8.93. The van der Waals surface area contributed by atoms with Crippen LogP contribution in [0.25, 0.3) is 0 Å². The highest BCUT2D eigenvalue weighted by Crippen LogP contribution is 2.11. The summed E-state index contributed by atoms with van der Waals surface area (Å²) in [5.74, 6) is 0.634. The van der Waals surface area contributed by atoms with Crippen LogP contribution in [0.3, 0.4) is 0 Å². The molecule has 1 rings (SSSR count). The summed E-state index contributed by atoms with van der Waals surface area (Å²) >= 11 is 0. The summed E-state index contributed by atoms with van der Waals surface area (Å²) in [6.45, 7) is 0.973. The molecule has 0 bridgehead atoms. The van der Waals surface area contributed by atoms with Gasteiger partial charge in [0.15, 0.2) is 0 Å². The van der Waals surface area contributed by atoms with Crippen molar-refractivity contribution in [3.63, 3.8) is 0 Å². The molecule has 0 amide bonds. The maximum absolute atomic E-state index is 10.4. The highest BCUT2D eigenvalue weighted by Gasteiger charge is 2.04. The van der Waals surface area contributed by atoms with E-state index in [1.807, 2.05) is 0 Å². The van der Waals surface area contributed by atoms with Crippen molar-refractivity contribution >= 4 is 11.5 Å². The smallest absolute Gasteiger partial charge is 0.287 e. The Kier molecular flexibility index (Phi) is 5.21. The van der Waals surface area contributed by atoms with E-state index < -0.39 is 4.92 Å². The molecule has 88 valence electrons. The number of pyridine rings is 1. The summed E-state index contributed by atoms with van der Waals surface area (Å²) in [5, 5.41) is 22.0.